The first-order chi connectivity index (χ1) is 23.9. The zero-order valence-electron chi connectivity index (χ0n) is 28.4. The smallest absolute Gasteiger partial charge is 0.0979 e. The highest BCUT2D eigenvalue weighted by Crippen LogP contribution is 2.57. The van der Waals surface area contributed by atoms with Crippen LogP contribution in [-0.2, 0) is 5.41 Å². The Morgan fingerprint density at radius 3 is 1.59 bits per heavy atom. The van der Waals surface area contributed by atoms with Crippen LogP contribution in [0.4, 0.5) is 0 Å². The molecule has 0 radical (unpaired) electrons. The molecule has 236 valence electrons. The highest BCUT2D eigenvalue weighted by atomic mass is 14.8. The molecule has 0 bridgehead atoms. The van der Waals surface area contributed by atoms with Gasteiger partial charge in [-0.1, -0.05) is 149 Å². The van der Waals surface area contributed by atoms with E-state index >= 15 is 0 Å². The van der Waals surface area contributed by atoms with Crippen LogP contribution < -0.4 is 0 Å². The zero-order valence-corrected chi connectivity index (χ0v) is 28.4. The normalized spacial score (nSPS) is 13.4. The number of hydrogen-bond donors (Lipinski definition) is 0. The Morgan fingerprint density at radius 2 is 0.939 bits per heavy atom. The Hall–Kier alpha value is -5.60. The SMILES string of the molecule is CC(C)C1(C(C)C)c2ccccc2-c2ccc(-c3cccc(-c4cccc(-c5cnc6c7ccccc7c7ccccc7c6n5)c4)c3)cc21. The molecule has 0 fully saturated rings. The lowest BCUT2D eigenvalue weighted by molar-refractivity contribution is 0.280. The number of hydrogen-bond acceptors (Lipinski definition) is 2. The Labute approximate surface area is 288 Å². The summed E-state index contributed by atoms with van der Waals surface area (Å²) < 4.78 is 0. The lowest BCUT2D eigenvalue weighted by atomic mass is 9.63. The summed E-state index contributed by atoms with van der Waals surface area (Å²) in [5.41, 5.74) is 14.3. The van der Waals surface area contributed by atoms with Gasteiger partial charge in [-0.3, -0.25) is 4.98 Å². The second-order valence-corrected chi connectivity index (χ2v) is 14.2. The van der Waals surface area contributed by atoms with Gasteiger partial charge < -0.3 is 0 Å². The third kappa shape index (κ3) is 4.40. The van der Waals surface area contributed by atoms with E-state index in [4.69, 9.17) is 9.97 Å². The fourth-order valence-electron chi connectivity index (χ4n) is 8.93. The van der Waals surface area contributed by atoms with Crippen LogP contribution in [-0.4, -0.2) is 9.97 Å². The molecule has 1 aliphatic carbocycles. The van der Waals surface area contributed by atoms with Crippen LogP contribution in [0.5, 0.6) is 0 Å². The summed E-state index contributed by atoms with van der Waals surface area (Å²) in [6.45, 7) is 9.54. The molecule has 1 heterocycles. The third-order valence-electron chi connectivity index (χ3n) is 11.1. The predicted molar refractivity (Wildman–Crippen MR) is 207 cm³/mol. The van der Waals surface area contributed by atoms with E-state index in [1.165, 1.54) is 49.7 Å². The fourth-order valence-corrected chi connectivity index (χ4v) is 8.93. The van der Waals surface area contributed by atoms with Crippen LogP contribution >= 0.6 is 0 Å². The summed E-state index contributed by atoms with van der Waals surface area (Å²) in [6, 6.07) is 50.9. The molecule has 49 heavy (non-hydrogen) atoms. The van der Waals surface area contributed by atoms with E-state index in [9.17, 15) is 0 Å². The molecule has 0 unspecified atom stereocenters. The number of aromatic nitrogens is 2. The summed E-state index contributed by atoms with van der Waals surface area (Å²) in [7, 11) is 0. The molecule has 7 aromatic carbocycles. The number of fused-ring (bicyclic) bond motifs is 9. The Balaban J connectivity index is 1.13. The van der Waals surface area contributed by atoms with Crippen molar-refractivity contribution in [3.63, 3.8) is 0 Å². The van der Waals surface area contributed by atoms with Crippen molar-refractivity contribution in [1.29, 1.82) is 0 Å². The predicted octanol–water partition coefficient (Wildman–Crippen LogP) is 12.5. The molecule has 0 atom stereocenters. The quantitative estimate of drug-likeness (QED) is 0.177. The van der Waals surface area contributed by atoms with Gasteiger partial charge in [0.05, 0.1) is 22.9 Å². The van der Waals surface area contributed by atoms with E-state index < -0.39 is 0 Å². The van der Waals surface area contributed by atoms with Gasteiger partial charge in [0.25, 0.3) is 0 Å². The maximum Gasteiger partial charge on any atom is 0.0979 e. The van der Waals surface area contributed by atoms with E-state index in [0.29, 0.717) is 11.8 Å². The van der Waals surface area contributed by atoms with E-state index in [0.717, 1.165) is 38.6 Å². The second-order valence-electron chi connectivity index (χ2n) is 14.2. The third-order valence-corrected chi connectivity index (χ3v) is 11.1. The Bertz CT molecular complexity index is 2530. The lowest BCUT2D eigenvalue weighted by Gasteiger charge is -2.40. The van der Waals surface area contributed by atoms with Crippen LogP contribution in [0.1, 0.15) is 38.8 Å². The molecule has 8 aromatic rings. The summed E-state index contributed by atoms with van der Waals surface area (Å²) in [5.74, 6) is 0.934. The molecule has 1 aliphatic rings. The van der Waals surface area contributed by atoms with Gasteiger partial charge in [-0.2, -0.15) is 0 Å². The van der Waals surface area contributed by atoms with Gasteiger partial charge in [0.1, 0.15) is 0 Å². The standard InChI is InChI=1S/C47H38N2/c1-29(2)47(30(3)4)42-22-10-9-19-38(42)39-24-23-34(27-43(39)47)32-14-11-13-31(25-32)33-15-12-16-35(26-33)44-28-48-45-40-20-7-5-17-36(40)37-18-6-8-21-41(37)46(45)49-44/h5-30H,1-4H3. The average molecular weight is 631 g/mol. The maximum absolute atomic E-state index is 5.25. The molecule has 0 amide bonds. The first-order valence-electron chi connectivity index (χ1n) is 17.5. The fraction of sp³-hybridized carbons (Fsp3) is 0.149. The number of nitrogens with zero attached hydrogens (tertiary/aromatic N) is 2. The minimum atomic E-state index is -0.0214. The Kier molecular flexibility index (Phi) is 6.78. The van der Waals surface area contributed by atoms with Gasteiger partial charge in [-0.15, -0.1) is 0 Å². The monoisotopic (exact) mass is 630 g/mol. The molecule has 2 heteroatoms. The lowest BCUT2D eigenvalue weighted by Crippen LogP contribution is -2.37. The first kappa shape index (κ1) is 29.5. The molecule has 2 nitrogen and oxygen atoms in total. The molecule has 9 rings (SSSR count). The minimum Gasteiger partial charge on any atom is -0.252 e. The molecular weight excluding hydrogens is 593 g/mol. The van der Waals surface area contributed by atoms with Crippen molar-refractivity contribution >= 4 is 32.6 Å². The van der Waals surface area contributed by atoms with E-state index in [1.807, 2.05) is 6.20 Å². The largest absolute Gasteiger partial charge is 0.252 e. The first-order valence-corrected chi connectivity index (χ1v) is 17.5. The van der Waals surface area contributed by atoms with Crippen LogP contribution in [0, 0.1) is 11.8 Å². The van der Waals surface area contributed by atoms with Crippen molar-refractivity contribution in [2.24, 2.45) is 11.8 Å². The van der Waals surface area contributed by atoms with Crippen LogP contribution in [0.2, 0.25) is 0 Å². The van der Waals surface area contributed by atoms with Crippen molar-refractivity contribution < 1.29 is 0 Å². The number of benzene rings is 7. The van der Waals surface area contributed by atoms with E-state index in [1.54, 1.807) is 0 Å². The van der Waals surface area contributed by atoms with Gasteiger partial charge in [-0.25, -0.2) is 4.98 Å². The molecule has 0 N–H and O–H groups in total. The summed E-state index contributed by atoms with van der Waals surface area (Å²) in [6.07, 6.45) is 1.93. The molecule has 0 saturated heterocycles. The molecular formula is C47H38N2. The van der Waals surface area contributed by atoms with Crippen molar-refractivity contribution in [2.45, 2.75) is 33.1 Å². The van der Waals surface area contributed by atoms with E-state index in [2.05, 4.69) is 167 Å². The Morgan fingerprint density at radius 1 is 0.429 bits per heavy atom. The highest BCUT2D eigenvalue weighted by Gasteiger charge is 2.47. The van der Waals surface area contributed by atoms with Crippen molar-refractivity contribution in [2.75, 3.05) is 0 Å². The van der Waals surface area contributed by atoms with Gasteiger partial charge in [0.2, 0.25) is 0 Å². The van der Waals surface area contributed by atoms with E-state index in [-0.39, 0.29) is 5.41 Å². The molecule has 0 spiro atoms. The molecule has 0 aliphatic heterocycles. The van der Waals surface area contributed by atoms with Crippen molar-refractivity contribution in [1.82, 2.24) is 9.97 Å². The van der Waals surface area contributed by atoms with Gasteiger partial charge >= 0.3 is 0 Å². The van der Waals surface area contributed by atoms with Crippen molar-refractivity contribution in [3.05, 3.63) is 157 Å². The second kappa shape index (κ2) is 11.2. The average Bonchev–Trinajstić information content (AvgIpc) is 3.46. The van der Waals surface area contributed by atoms with Crippen molar-refractivity contribution in [3.8, 4) is 44.6 Å². The van der Waals surface area contributed by atoms with Gasteiger partial charge in [0, 0.05) is 21.8 Å². The van der Waals surface area contributed by atoms with Gasteiger partial charge in [0.15, 0.2) is 0 Å². The minimum absolute atomic E-state index is 0.0214. The number of rotatable bonds is 5. The summed E-state index contributed by atoms with van der Waals surface area (Å²) in [5, 5.41) is 4.68. The maximum atomic E-state index is 5.25. The van der Waals surface area contributed by atoms with Crippen LogP contribution in [0.25, 0.3) is 77.2 Å². The topological polar surface area (TPSA) is 25.8 Å². The molecule has 0 saturated carbocycles. The van der Waals surface area contributed by atoms with Crippen LogP contribution in [0.3, 0.4) is 0 Å². The highest BCUT2D eigenvalue weighted by molar-refractivity contribution is 6.23. The van der Waals surface area contributed by atoms with Gasteiger partial charge in [-0.05, 0) is 85.3 Å². The molecule has 1 aromatic heterocycles. The zero-order chi connectivity index (χ0) is 33.3. The van der Waals surface area contributed by atoms with Crippen LogP contribution in [0.15, 0.2) is 146 Å². The summed E-state index contributed by atoms with van der Waals surface area (Å²) in [4.78, 5) is 10.3. The summed E-state index contributed by atoms with van der Waals surface area (Å²) >= 11 is 0.